The molecule has 0 aliphatic rings. The number of phenols is 1. The molecule has 0 spiro atoms. The van der Waals surface area contributed by atoms with E-state index in [1.54, 1.807) is 25.1 Å². The van der Waals surface area contributed by atoms with Crippen LogP contribution in [0.15, 0.2) is 55.7 Å². The van der Waals surface area contributed by atoms with Gasteiger partial charge in [0, 0.05) is 11.1 Å². The average Bonchev–Trinajstić information content (AvgIpc) is 2.37. The van der Waals surface area contributed by atoms with E-state index in [1.165, 1.54) is 6.08 Å². The van der Waals surface area contributed by atoms with Crippen LogP contribution in [0.4, 0.5) is 0 Å². The molecule has 0 saturated heterocycles. The summed E-state index contributed by atoms with van der Waals surface area (Å²) >= 11 is 0. The predicted octanol–water partition coefficient (Wildman–Crippen LogP) is 3.33. The zero-order chi connectivity index (χ0) is 14.0. The molecule has 1 aromatic carbocycles. The van der Waals surface area contributed by atoms with Gasteiger partial charge in [0.1, 0.15) is 12.4 Å². The van der Waals surface area contributed by atoms with Crippen LogP contribution < -0.4 is 0 Å². The van der Waals surface area contributed by atoms with Gasteiger partial charge in [-0.25, -0.2) is 4.79 Å². The van der Waals surface area contributed by atoms with Crippen molar-refractivity contribution in [3.05, 3.63) is 61.2 Å². The minimum absolute atomic E-state index is 0.256. The first-order valence-corrected chi connectivity index (χ1v) is 5.36. The normalized spacial score (nSPS) is 8.50. The molecule has 0 amide bonds. The summed E-state index contributed by atoms with van der Waals surface area (Å²) in [5.74, 6) is -0.0811. The van der Waals surface area contributed by atoms with Crippen molar-refractivity contribution in [2.45, 2.75) is 6.92 Å². The third kappa shape index (κ3) is 6.33. The van der Waals surface area contributed by atoms with Crippen molar-refractivity contribution in [2.75, 3.05) is 6.61 Å². The lowest BCUT2D eigenvalue weighted by Crippen LogP contribution is -2.03. The Balaban J connectivity index is 0.000000321. The number of esters is 1. The summed E-state index contributed by atoms with van der Waals surface area (Å²) in [5, 5.41) is 9.04. The summed E-state index contributed by atoms with van der Waals surface area (Å²) in [6, 6.07) is 7.08. The second-order valence-electron chi connectivity index (χ2n) is 3.43. The number of phenolic OH excluding ortho intramolecular Hbond substituents is 1. The summed E-state index contributed by atoms with van der Waals surface area (Å²) in [7, 11) is 0. The molecule has 1 N–H and O–H groups in total. The van der Waals surface area contributed by atoms with Crippen molar-refractivity contribution in [1.29, 1.82) is 0 Å². The van der Waals surface area contributed by atoms with Crippen LogP contribution >= 0.6 is 0 Å². The van der Waals surface area contributed by atoms with E-state index >= 15 is 0 Å². The van der Waals surface area contributed by atoms with E-state index in [-0.39, 0.29) is 18.3 Å². The molecule has 0 fully saturated rings. The predicted molar refractivity (Wildman–Crippen MR) is 74.2 cm³/mol. The lowest BCUT2D eigenvalue weighted by Gasteiger charge is -1.97. The number of aromatic hydroxyl groups is 1. The molecule has 0 aliphatic carbocycles. The number of hydrogen-bond donors (Lipinski definition) is 1. The molecule has 3 nitrogen and oxygen atoms in total. The molecular weight excluding hydrogens is 228 g/mol. The maximum Gasteiger partial charge on any atom is 0.333 e. The Morgan fingerprint density at radius 1 is 1.39 bits per heavy atom. The second kappa shape index (κ2) is 8.82. The van der Waals surface area contributed by atoms with Gasteiger partial charge in [0.2, 0.25) is 0 Å². The molecule has 0 atom stereocenters. The second-order valence-corrected chi connectivity index (χ2v) is 3.43. The first-order chi connectivity index (χ1) is 8.52. The van der Waals surface area contributed by atoms with Crippen molar-refractivity contribution >= 4 is 12.0 Å². The highest BCUT2D eigenvalue weighted by atomic mass is 16.5. The summed E-state index contributed by atoms with van der Waals surface area (Å²) in [6.07, 6.45) is 3.14. The largest absolute Gasteiger partial charge is 0.507 e. The van der Waals surface area contributed by atoms with Gasteiger partial charge in [0.25, 0.3) is 0 Å². The van der Waals surface area contributed by atoms with Crippen molar-refractivity contribution in [3.8, 4) is 5.75 Å². The van der Waals surface area contributed by atoms with Crippen LogP contribution in [0.2, 0.25) is 0 Å². The van der Waals surface area contributed by atoms with Crippen LogP contribution in [0, 0.1) is 0 Å². The summed E-state index contributed by atoms with van der Waals surface area (Å²) in [4.78, 5) is 10.5. The maximum atomic E-state index is 10.5. The number of ether oxygens (including phenoxy) is 1. The number of rotatable bonds is 4. The van der Waals surface area contributed by atoms with E-state index in [9.17, 15) is 4.79 Å². The van der Waals surface area contributed by atoms with Gasteiger partial charge in [-0.2, -0.15) is 0 Å². The number of hydrogen-bond acceptors (Lipinski definition) is 3. The van der Waals surface area contributed by atoms with Crippen LogP contribution in [0.1, 0.15) is 12.5 Å². The van der Waals surface area contributed by atoms with Gasteiger partial charge in [0.15, 0.2) is 0 Å². The fourth-order valence-electron chi connectivity index (χ4n) is 0.918. The highest BCUT2D eigenvalue weighted by Gasteiger charge is 1.98. The SMILES string of the molecule is C=CCOC(=O)C(=C)C.C=Cc1ccccc1O. The molecule has 0 radical (unpaired) electrons. The molecule has 3 heteroatoms. The lowest BCUT2D eigenvalue weighted by atomic mass is 10.2. The zero-order valence-electron chi connectivity index (χ0n) is 10.6. The molecule has 1 aromatic rings. The van der Waals surface area contributed by atoms with Gasteiger partial charge in [0.05, 0.1) is 0 Å². The van der Waals surface area contributed by atoms with E-state index in [0.29, 0.717) is 5.57 Å². The minimum Gasteiger partial charge on any atom is -0.507 e. The van der Waals surface area contributed by atoms with Gasteiger partial charge in [-0.1, -0.05) is 50.1 Å². The Bertz CT molecular complexity index is 433. The molecule has 0 heterocycles. The fourth-order valence-corrected chi connectivity index (χ4v) is 0.918. The fraction of sp³-hybridized carbons (Fsp3) is 0.133. The Morgan fingerprint density at radius 3 is 2.39 bits per heavy atom. The highest BCUT2D eigenvalue weighted by Crippen LogP contribution is 2.15. The highest BCUT2D eigenvalue weighted by molar-refractivity contribution is 5.86. The molecule has 0 saturated carbocycles. The number of carbonyl (C=O) groups is 1. The first kappa shape index (κ1) is 15.7. The average molecular weight is 246 g/mol. The molecule has 0 aliphatic heterocycles. The standard InChI is InChI=1S/C8H8O.C7H10O2/c1-2-7-5-3-4-6-8(7)9;1-4-5-9-7(8)6(2)3/h2-6,9H,1H2;4H,1-2,5H2,3H3. The monoisotopic (exact) mass is 246 g/mol. The first-order valence-electron chi connectivity index (χ1n) is 5.36. The van der Waals surface area contributed by atoms with E-state index in [1.807, 2.05) is 12.1 Å². The van der Waals surface area contributed by atoms with Crippen molar-refractivity contribution in [2.24, 2.45) is 0 Å². The Hall–Kier alpha value is -2.29. The van der Waals surface area contributed by atoms with Gasteiger partial charge < -0.3 is 9.84 Å². The van der Waals surface area contributed by atoms with E-state index in [4.69, 9.17) is 5.11 Å². The van der Waals surface area contributed by atoms with E-state index in [2.05, 4.69) is 24.5 Å². The van der Waals surface area contributed by atoms with E-state index in [0.717, 1.165) is 5.56 Å². The van der Waals surface area contributed by atoms with E-state index < -0.39 is 0 Å². The van der Waals surface area contributed by atoms with Crippen molar-refractivity contribution < 1.29 is 14.6 Å². The number of carbonyl (C=O) groups excluding carboxylic acids is 1. The Labute approximate surface area is 108 Å². The quantitative estimate of drug-likeness (QED) is 0.503. The third-order valence-electron chi connectivity index (χ3n) is 1.84. The molecule has 1 rings (SSSR count). The Kier molecular flexibility index (Phi) is 7.69. The molecule has 0 unspecified atom stereocenters. The molecule has 0 bridgehead atoms. The van der Waals surface area contributed by atoms with Gasteiger partial charge in [-0.3, -0.25) is 0 Å². The van der Waals surface area contributed by atoms with Gasteiger partial charge >= 0.3 is 5.97 Å². The minimum atomic E-state index is -0.366. The van der Waals surface area contributed by atoms with Crippen LogP contribution in [0.5, 0.6) is 5.75 Å². The zero-order valence-corrected chi connectivity index (χ0v) is 10.6. The number of para-hydroxylation sites is 1. The summed E-state index contributed by atoms with van der Waals surface area (Å²) < 4.78 is 4.60. The summed E-state index contributed by atoms with van der Waals surface area (Å²) in [6.45, 7) is 12.2. The van der Waals surface area contributed by atoms with Crippen LogP contribution in [-0.2, 0) is 9.53 Å². The Morgan fingerprint density at radius 2 is 2.00 bits per heavy atom. The van der Waals surface area contributed by atoms with Crippen LogP contribution in [0.25, 0.3) is 6.08 Å². The molecular formula is C15H18O3. The molecule has 18 heavy (non-hydrogen) atoms. The van der Waals surface area contributed by atoms with Gasteiger partial charge in [-0.15, -0.1) is 0 Å². The smallest absolute Gasteiger partial charge is 0.333 e. The maximum absolute atomic E-state index is 10.5. The third-order valence-corrected chi connectivity index (χ3v) is 1.84. The molecule has 96 valence electrons. The van der Waals surface area contributed by atoms with Crippen LogP contribution in [-0.4, -0.2) is 17.7 Å². The molecule has 0 aromatic heterocycles. The van der Waals surface area contributed by atoms with Crippen molar-refractivity contribution in [3.63, 3.8) is 0 Å². The lowest BCUT2D eigenvalue weighted by molar-refractivity contribution is -0.137. The topological polar surface area (TPSA) is 46.5 Å². The summed E-state index contributed by atoms with van der Waals surface area (Å²) in [5.41, 5.74) is 1.19. The van der Waals surface area contributed by atoms with Gasteiger partial charge in [-0.05, 0) is 13.0 Å². The van der Waals surface area contributed by atoms with Crippen molar-refractivity contribution in [1.82, 2.24) is 0 Å². The van der Waals surface area contributed by atoms with Crippen LogP contribution in [0.3, 0.4) is 0 Å². The number of benzene rings is 1.